The van der Waals surface area contributed by atoms with Crippen molar-refractivity contribution in [1.29, 1.82) is 0 Å². The fourth-order valence-corrected chi connectivity index (χ4v) is 10.3. The zero-order chi connectivity index (χ0) is 63.6. The molecule has 0 saturated carbocycles. The van der Waals surface area contributed by atoms with E-state index in [1.54, 1.807) is 20.8 Å². The normalized spacial score (nSPS) is 18.6. The van der Waals surface area contributed by atoms with Gasteiger partial charge in [0.05, 0.1) is 19.1 Å². The molecule has 0 aliphatic carbocycles. The molecule has 472 valence electrons. The van der Waals surface area contributed by atoms with Gasteiger partial charge in [0, 0.05) is 20.0 Å². The van der Waals surface area contributed by atoms with Crippen LogP contribution in [-0.2, 0) is 57.5 Å². The molecule has 0 unspecified atom stereocenters. The number of aliphatic hydroxyl groups is 1. The van der Waals surface area contributed by atoms with Crippen molar-refractivity contribution in [2.75, 3.05) is 19.7 Å². The van der Waals surface area contributed by atoms with Crippen molar-refractivity contribution in [2.24, 2.45) is 35.3 Å². The van der Waals surface area contributed by atoms with Crippen LogP contribution in [-0.4, -0.2) is 170 Å². The topological polar surface area (TPSA) is 366 Å². The van der Waals surface area contributed by atoms with E-state index >= 15 is 0 Å². The lowest BCUT2D eigenvalue weighted by molar-refractivity contribution is -0.146. The molecule has 10 atom stereocenters. The second kappa shape index (κ2) is 32.0. The summed E-state index contributed by atoms with van der Waals surface area (Å²) in [4.78, 5) is 167. The average Bonchev–Trinajstić information content (AvgIpc) is 4.35. The van der Waals surface area contributed by atoms with Crippen molar-refractivity contribution in [1.82, 2.24) is 57.7 Å². The van der Waals surface area contributed by atoms with Gasteiger partial charge in [-0.05, 0) is 116 Å². The van der Waals surface area contributed by atoms with E-state index in [-0.39, 0.29) is 62.6 Å². The second-order valence-corrected chi connectivity index (χ2v) is 25.7. The molecule has 0 radical (unpaired) electrons. The molecule has 12 N–H and O–H groups in total. The van der Waals surface area contributed by atoms with Crippen LogP contribution in [0.1, 0.15) is 182 Å². The molecule has 2 aliphatic rings. The van der Waals surface area contributed by atoms with Crippen LogP contribution < -0.4 is 53.6 Å². The standard InChI is InChI=1S/C58H102N12O13/c1-18-34(9)44(64-46(74)40(29-43(59)73)63-53(81)56(12,13)66-36(11)72)51(79)61-38(27-32(5)6)47(75)68-58(16,17)55(83)70-25-21-23-42(70)50(78)65-45(35(10)19-2)52(80)62-39(28-33(7)8)48(76)67-57(14,15)54(82)69-24-20-22-41(69)49(77)60-37(30-71)26-31(3)4/h31-35,37-42,44-45,71H,18-30H2,1-17H3,(H2,59,73)(H,60,77)(H,61,79)(H,62,80)(H,63,81)(H,64,74)(H,65,78)(H,66,72)(H,67,76)(H,68,75)/t34-,35-,37+,38-,39-,40+,41-,42-,44+,45+/m0/s1. The van der Waals surface area contributed by atoms with E-state index in [9.17, 15) is 62.6 Å². The highest BCUT2D eigenvalue weighted by atomic mass is 16.3. The van der Waals surface area contributed by atoms with Gasteiger partial charge in [0.2, 0.25) is 70.9 Å². The molecule has 12 amide bonds. The Kier molecular flexibility index (Phi) is 28.1. The Morgan fingerprint density at radius 3 is 1.27 bits per heavy atom. The molecule has 25 heteroatoms. The lowest BCUT2D eigenvalue weighted by Gasteiger charge is -2.36. The van der Waals surface area contributed by atoms with Crippen LogP contribution in [0.25, 0.3) is 0 Å². The lowest BCUT2D eigenvalue weighted by Crippen LogP contribution is -2.64. The van der Waals surface area contributed by atoms with Crippen LogP contribution in [0.2, 0.25) is 0 Å². The Hall–Kier alpha value is -6.40. The quantitative estimate of drug-likeness (QED) is 0.0442. The molecule has 0 aromatic heterocycles. The number of carbonyl (C=O) groups is 12. The first-order valence-electron chi connectivity index (χ1n) is 29.6. The van der Waals surface area contributed by atoms with E-state index in [0.29, 0.717) is 38.5 Å². The number of aliphatic hydroxyl groups excluding tert-OH is 1. The summed E-state index contributed by atoms with van der Waals surface area (Å²) in [6.45, 7) is 28.5. The number of hydrogen-bond donors (Lipinski definition) is 11. The highest BCUT2D eigenvalue weighted by Crippen LogP contribution is 2.25. The van der Waals surface area contributed by atoms with Gasteiger partial charge in [-0.15, -0.1) is 0 Å². The van der Waals surface area contributed by atoms with Crippen LogP contribution in [0.15, 0.2) is 0 Å². The molecule has 25 nitrogen and oxygen atoms in total. The minimum absolute atomic E-state index is 0.0932. The van der Waals surface area contributed by atoms with Crippen molar-refractivity contribution in [3.05, 3.63) is 0 Å². The first-order valence-corrected chi connectivity index (χ1v) is 29.6. The Bertz CT molecular complexity index is 2320. The summed E-state index contributed by atoms with van der Waals surface area (Å²) >= 11 is 0. The molecule has 0 spiro atoms. The van der Waals surface area contributed by atoms with Gasteiger partial charge >= 0.3 is 0 Å². The third-order valence-corrected chi connectivity index (χ3v) is 15.2. The monoisotopic (exact) mass is 1170 g/mol. The van der Waals surface area contributed by atoms with Crippen LogP contribution in [0.3, 0.4) is 0 Å². The first-order chi connectivity index (χ1) is 38.3. The van der Waals surface area contributed by atoms with E-state index in [0.717, 1.165) is 0 Å². The van der Waals surface area contributed by atoms with Crippen molar-refractivity contribution >= 4 is 70.9 Å². The molecule has 0 aromatic rings. The molecule has 2 fully saturated rings. The smallest absolute Gasteiger partial charge is 0.248 e. The third-order valence-electron chi connectivity index (χ3n) is 15.2. The number of nitrogens with one attached hydrogen (secondary N) is 9. The number of hydrogen-bond acceptors (Lipinski definition) is 13. The molecule has 2 saturated heterocycles. The van der Waals surface area contributed by atoms with Gasteiger partial charge in [-0.2, -0.15) is 0 Å². The number of nitrogens with two attached hydrogens (primary N) is 1. The third kappa shape index (κ3) is 21.9. The fraction of sp³-hybridized carbons (Fsp3) is 0.793. The van der Waals surface area contributed by atoms with Crippen molar-refractivity contribution < 1.29 is 62.6 Å². The summed E-state index contributed by atoms with van der Waals surface area (Å²) in [5, 5.41) is 34.3. The number of carbonyl (C=O) groups excluding carboxylic acids is 12. The fourth-order valence-electron chi connectivity index (χ4n) is 10.3. The SMILES string of the molecule is CC[C@H](C)[C@@H](NC(=O)[C@@H](CC(N)=O)NC(=O)C(C)(C)NC(C)=O)C(=O)N[C@@H](CC(C)C)C(=O)NC(C)(C)C(=O)N1CCC[C@H]1C(=O)N[C@@H](C(=O)N[C@@H](CC(C)C)C(=O)NC(C)(C)C(=O)N1CCC[C@H]1C(=O)N[C@@H](CO)CC(C)C)[C@@H](C)CC. The molecule has 0 bridgehead atoms. The Balaban J connectivity index is 2.32. The van der Waals surface area contributed by atoms with Gasteiger partial charge in [-0.3, -0.25) is 57.5 Å². The molecule has 2 heterocycles. The predicted molar refractivity (Wildman–Crippen MR) is 312 cm³/mol. The second-order valence-electron chi connectivity index (χ2n) is 25.7. The summed E-state index contributed by atoms with van der Waals surface area (Å²) in [6, 6.07) is -8.73. The number of rotatable bonds is 32. The Morgan fingerprint density at radius 2 is 0.904 bits per heavy atom. The van der Waals surface area contributed by atoms with Crippen molar-refractivity contribution in [3.63, 3.8) is 0 Å². The zero-order valence-corrected chi connectivity index (χ0v) is 52.5. The van der Waals surface area contributed by atoms with Gasteiger partial charge < -0.3 is 68.5 Å². The predicted octanol–water partition coefficient (Wildman–Crippen LogP) is 0.680. The highest BCUT2D eigenvalue weighted by molar-refractivity contribution is 6.01. The number of primary amides is 1. The molecule has 2 rings (SSSR count). The maximum Gasteiger partial charge on any atom is 0.248 e. The number of amides is 12. The summed E-state index contributed by atoms with van der Waals surface area (Å²) in [7, 11) is 0. The molecule has 83 heavy (non-hydrogen) atoms. The van der Waals surface area contributed by atoms with Crippen LogP contribution in [0, 0.1) is 29.6 Å². The molecular formula is C58H102N12O13. The molecule has 2 aliphatic heterocycles. The van der Waals surface area contributed by atoms with Crippen molar-refractivity contribution in [3.8, 4) is 0 Å². The summed E-state index contributed by atoms with van der Waals surface area (Å²) in [6.07, 6.45) is 2.57. The lowest BCUT2D eigenvalue weighted by atomic mass is 9.95. The van der Waals surface area contributed by atoms with Gasteiger partial charge in [-0.25, -0.2) is 0 Å². The summed E-state index contributed by atoms with van der Waals surface area (Å²) < 4.78 is 0. The van der Waals surface area contributed by atoms with Crippen LogP contribution >= 0.6 is 0 Å². The van der Waals surface area contributed by atoms with Gasteiger partial charge in [0.25, 0.3) is 0 Å². The van der Waals surface area contributed by atoms with E-state index in [4.69, 9.17) is 5.73 Å². The van der Waals surface area contributed by atoms with E-state index < -0.39 is 148 Å². The van der Waals surface area contributed by atoms with E-state index in [1.165, 1.54) is 58.3 Å². The summed E-state index contributed by atoms with van der Waals surface area (Å²) in [5.41, 5.74) is 0.771. The maximum atomic E-state index is 14.5. The van der Waals surface area contributed by atoms with Crippen LogP contribution in [0.5, 0.6) is 0 Å². The van der Waals surface area contributed by atoms with E-state index in [2.05, 4.69) is 47.9 Å². The minimum Gasteiger partial charge on any atom is -0.394 e. The Morgan fingerprint density at radius 1 is 0.506 bits per heavy atom. The highest BCUT2D eigenvalue weighted by Gasteiger charge is 2.46. The van der Waals surface area contributed by atoms with E-state index in [1.807, 2.05) is 48.5 Å². The number of nitrogens with zero attached hydrogens (tertiary/aromatic N) is 2. The minimum atomic E-state index is -1.66. The maximum absolute atomic E-state index is 14.5. The summed E-state index contributed by atoms with van der Waals surface area (Å²) in [5.74, 6) is -9.21. The number of likely N-dealkylation sites (tertiary alicyclic amines) is 2. The van der Waals surface area contributed by atoms with Crippen molar-refractivity contribution in [2.45, 2.75) is 247 Å². The van der Waals surface area contributed by atoms with Crippen LogP contribution in [0.4, 0.5) is 0 Å². The molecular weight excluding hydrogens is 1070 g/mol. The van der Waals surface area contributed by atoms with Gasteiger partial charge in [0.15, 0.2) is 0 Å². The first kappa shape index (κ1) is 72.7. The zero-order valence-electron chi connectivity index (χ0n) is 52.5. The molecule has 0 aromatic carbocycles. The van der Waals surface area contributed by atoms with Gasteiger partial charge in [0.1, 0.15) is 58.9 Å². The Labute approximate surface area is 491 Å². The largest absolute Gasteiger partial charge is 0.394 e. The van der Waals surface area contributed by atoms with Gasteiger partial charge in [-0.1, -0.05) is 82.1 Å². The average molecular weight is 1180 g/mol.